The number of benzene rings is 1. The van der Waals surface area contributed by atoms with Crippen LogP contribution in [-0.2, 0) is 22.3 Å². The molecule has 2 aromatic heterocycles. The molecule has 1 aromatic carbocycles. The Balaban J connectivity index is 1.15. The standard InChI is InChI=1S/C31H34F3N7O4/c1-20(38-25-17-37-41(30(43)28(25)31(32,33)34)18-21-3-6-24(44-2)7-4-21)19-45-26-11-14-40(29(26)42)23-9-12-39(13-10-23)27-8-5-22(15-35)16-36-27/h3-8,16-17,20,23,26,38H,9-14,18-19H2,1-2H3. The maximum Gasteiger partial charge on any atom is 0.423 e. The molecule has 4 heterocycles. The van der Waals surface area contributed by atoms with Crippen LogP contribution in [0.25, 0.3) is 0 Å². The minimum Gasteiger partial charge on any atom is -0.497 e. The Morgan fingerprint density at radius 3 is 2.42 bits per heavy atom. The van der Waals surface area contributed by atoms with Gasteiger partial charge in [-0.3, -0.25) is 9.59 Å². The van der Waals surface area contributed by atoms with E-state index in [1.807, 2.05) is 11.0 Å². The van der Waals surface area contributed by atoms with E-state index in [4.69, 9.17) is 14.7 Å². The second-order valence-electron chi connectivity index (χ2n) is 11.2. The number of ether oxygens (including phenoxy) is 2. The molecule has 5 rings (SSSR count). The Hall–Kier alpha value is -4.64. The van der Waals surface area contributed by atoms with Gasteiger partial charge in [-0.25, -0.2) is 9.67 Å². The van der Waals surface area contributed by atoms with Crippen LogP contribution in [0.3, 0.4) is 0 Å². The van der Waals surface area contributed by atoms with Crippen LogP contribution < -0.4 is 20.5 Å². The fourth-order valence-electron chi connectivity index (χ4n) is 5.69. The molecule has 45 heavy (non-hydrogen) atoms. The van der Waals surface area contributed by atoms with Crippen molar-refractivity contribution in [2.45, 2.75) is 57.1 Å². The van der Waals surface area contributed by atoms with Gasteiger partial charge in [0.1, 0.15) is 29.3 Å². The first kappa shape index (κ1) is 31.8. The molecule has 1 amide bonds. The van der Waals surface area contributed by atoms with Gasteiger partial charge in [0.2, 0.25) is 0 Å². The average molecular weight is 626 g/mol. The van der Waals surface area contributed by atoms with Crippen molar-refractivity contribution in [3.63, 3.8) is 0 Å². The molecule has 1 N–H and O–H groups in total. The predicted octanol–water partition coefficient (Wildman–Crippen LogP) is 3.67. The van der Waals surface area contributed by atoms with Gasteiger partial charge in [-0.05, 0) is 49.6 Å². The minimum atomic E-state index is -4.92. The van der Waals surface area contributed by atoms with Crippen LogP contribution in [0.4, 0.5) is 24.7 Å². The van der Waals surface area contributed by atoms with Crippen LogP contribution >= 0.6 is 0 Å². The van der Waals surface area contributed by atoms with Crippen molar-refractivity contribution in [2.75, 3.05) is 43.6 Å². The Morgan fingerprint density at radius 2 is 1.80 bits per heavy atom. The smallest absolute Gasteiger partial charge is 0.423 e. The highest BCUT2D eigenvalue weighted by atomic mass is 19.4. The van der Waals surface area contributed by atoms with Gasteiger partial charge in [-0.2, -0.15) is 23.5 Å². The number of hydrogen-bond acceptors (Lipinski definition) is 9. The molecule has 0 bridgehead atoms. The van der Waals surface area contributed by atoms with Crippen LogP contribution in [0.15, 0.2) is 53.6 Å². The van der Waals surface area contributed by atoms with E-state index >= 15 is 0 Å². The van der Waals surface area contributed by atoms with Crippen molar-refractivity contribution in [1.82, 2.24) is 19.7 Å². The summed E-state index contributed by atoms with van der Waals surface area (Å²) in [5.41, 5.74) is -1.97. The number of alkyl halides is 3. The zero-order valence-corrected chi connectivity index (χ0v) is 25.0. The number of carbonyl (C=O) groups is 1. The van der Waals surface area contributed by atoms with Crippen molar-refractivity contribution in [2.24, 2.45) is 0 Å². The van der Waals surface area contributed by atoms with E-state index in [9.17, 15) is 22.8 Å². The molecule has 0 saturated carbocycles. The zero-order chi connectivity index (χ0) is 32.1. The van der Waals surface area contributed by atoms with Gasteiger partial charge in [0.25, 0.3) is 11.5 Å². The number of pyridine rings is 1. The summed E-state index contributed by atoms with van der Waals surface area (Å²) in [6.45, 7) is 3.41. The summed E-state index contributed by atoms with van der Waals surface area (Å²) in [5, 5.41) is 15.7. The Bertz CT molecular complexity index is 1580. The second-order valence-corrected chi connectivity index (χ2v) is 11.2. The molecule has 0 spiro atoms. The second kappa shape index (κ2) is 13.6. The van der Waals surface area contributed by atoms with E-state index in [1.165, 1.54) is 7.11 Å². The maximum atomic E-state index is 14.0. The molecule has 2 unspecified atom stereocenters. The summed E-state index contributed by atoms with van der Waals surface area (Å²) in [5.74, 6) is 1.24. The lowest BCUT2D eigenvalue weighted by atomic mass is 10.0. The minimum absolute atomic E-state index is 0.0424. The summed E-state index contributed by atoms with van der Waals surface area (Å²) >= 11 is 0. The summed E-state index contributed by atoms with van der Waals surface area (Å²) in [6.07, 6.45) is -1.07. The fraction of sp³-hybridized carbons (Fsp3) is 0.452. The molecule has 2 saturated heterocycles. The maximum absolute atomic E-state index is 14.0. The molecule has 2 aliphatic rings. The number of hydrogen-bond donors (Lipinski definition) is 1. The quantitative estimate of drug-likeness (QED) is 0.359. The molecule has 0 radical (unpaired) electrons. The third-order valence-corrected chi connectivity index (χ3v) is 8.06. The number of carbonyl (C=O) groups excluding carboxylic acids is 1. The van der Waals surface area contributed by atoms with Crippen molar-refractivity contribution < 1.29 is 27.4 Å². The van der Waals surface area contributed by atoms with Gasteiger partial charge in [0, 0.05) is 44.3 Å². The van der Waals surface area contributed by atoms with E-state index in [0.29, 0.717) is 42.9 Å². The van der Waals surface area contributed by atoms with E-state index < -0.39 is 35.1 Å². The Labute approximate surface area is 258 Å². The topological polar surface area (TPSA) is 126 Å². The molecular formula is C31H34F3N7O4. The first-order chi connectivity index (χ1) is 21.6. The van der Waals surface area contributed by atoms with Crippen LogP contribution in [-0.4, -0.2) is 77.1 Å². The largest absolute Gasteiger partial charge is 0.497 e. The molecular weight excluding hydrogens is 591 g/mol. The molecule has 2 aliphatic heterocycles. The third kappa shape index (κ3) is 7.37. The average Bonchev–Trinajstić information content (AvgIpc) is 3.41. The number of halogens is 3. The number of nitriles is 1. The summed E-state index contributed by atoms with van der Waals surface area (Å²) in [4.78, 5) is 34.4. The zero-order valence-electron chi connectivity index (χ0n) is 25.0. The number of anilines is 2. The van der Waals surface area contributed by atoms with E-state index in [0.717, 1.165) is 29.5 Å². The van der Waals surface area contributed by atoms with Crippen LogP contribution in [0.2, 0.25) is 0 Å². The lowest BCUT2D eigenvalue weighted by Gasteiger charge is -2.37. The van der Waals surface area contributed by atoms with E-state index in [1.54, 1.807) is 43.5 Å². The number of piperidine rings is 1. The van der Waals surface area contributed by atoms with Crippen LogP contribution in [0.1, 0.15) is 42.9 Å². The van der Waals surface area contributed by atoms with Crippen molar-refractivity contribution in [1.29, 1.82) is 5.26 Å². The van der Waals surface area contributed by atoms with Crippen LogP contribution in [0.5, 0.6) is 5.75 Å². The number of likely N-dealkylation sites (tertiary alicyclic amines) is 1. The van der Waals surface area contributed by atoms with Gasteiger partial charge in [0.15, 0.2) is 0 Å². The molecule has 238 valence electrons. The highest BCUT2D eigenvalue weighted by Crippen LogP contribution is 2.32. The first-order valence-corrected chi connectivity index (χ1v) is 14.7. The third-order valence-electron chi connectivity index (χ3n) is 8.06. The van der Waals surface area contributed by atoms with Gasteiger partial charge in [-0.15, -0.1) is 0 Å². The van der Waals surface area contributed by atoms with Gasteiger partial charge < -0.3 is 24.6 Å². The Kier molecular flexibility index (Phi) is 9.57. The van der Waals surface area contributed by atoms with Crippen molar-refractivity contribution in [3.8, 4) is 11.8 Å². The number of aromatic nitrogens is 3. The molecule has 11 nitrogen and oxygen atoms in total. The van der Waals surface area contributed by atoms with Crippen molar-refractivity contribution in [3.05, 3.63) is 75.8 Å². The SMILES string of the molecule is COc1ccc(Cn2ncc(NC(C)COC3CCN(C4CCN(c5ccc(C#N)cn5)CC4)C3=O)c(C(F)(F)F)c2=O)cc1. The number of nitrogens with one attached hydrogen (secondary N) is 1. The lowest BCUT2D eigenvalue weighted by molar-refractivity contribution is -0.139. The predicted molar refractivity (Wildman–Crippen MR) is 159 cm³/mol. The molecule has 3 aromatic rings. The van der Waals surface area contributed by atoms with Crippen molar-refractivity contribution >= 4 is 17.4 Å². The van der Waals surface area contributed by atoms with E-state index in [-0.39, 0.29) is 25.1 Å². The molecule has 14 heteroatoms. The summed E-state index contributed by atoms with van der Waals surface area (Å²) < 4.78 is 53.8. The molecule has 2 atom stereocenters. The fourth-order valence-corrected chi connectivity index (χ4v) is 5.69. The number of rotatable bonds is 10. The number of amides is 1. The van der Waals surface area contributed by atoms with E-state index in [2.05, 4.69) is 26.4 Å². The number of nitrogens with zero attached hydrogens (tertiary/aromatic N) is 6. The summed E-state index contributed by atoms with van der Waals surface area (Å²) in [7, 11) is 1.50. The number of methoxy groups -OCH3 is 1. The first-order valence-electron chi connectivity index (χ1n) is 14.7. The Morgan fingerprint density at radius 1 is 1.07 bits per heavy atom. The van der Waals surface area contributed by atoms with Gasteiger partial charge in [0.05, 0.1) is 37.7 Å². The normalized spacial score (nSPS) is 18.1. The monoisotopic (exact) mass is 625 g/mol. The van der Waals surface area contributed by atoms with Gasteiger partial charge >= 0.3 is 6.18 Å². The summed E-state index contributed by atoms with van der Waals surface area (Å²) in [6, 6.07) is 11.6. The lowest BCUT2D eigenvalue weighted by Crippen LogP contribution is -2.47. The van der Waals surface area contributed by atoms with Crippen LogP contribution in [0, 0.1) is 11.3 Å². The highest BCUT2D eigenvalue weighted by Gasteiger charge is 2.40. The molecule has 0 aliphatic carbocycles. The molecule has 2 fully saturated rings. The van der Waals surface area contributed by atoms with Gasteiger partial charge in [-0.1, -0.05) is 12.1 Å². The highest BCUT2D eigenvalue weighted by molar-refractivity contribution is 5.83.